The van der Waals surface area contributed by atoms with Crippen LogP contribution in [0, 0.1) is 0 Å². The first-order chi connectivity index (χ1) is 15.8. The molecule has 0 saturated heterocycles. The third-order valence-electron chi connectivity index (χ3n) is 5.58. The van der Waals surface area contributed by atoms with Gasteiger partial charge in [0.1, 0.15) is 5.82 Å². The zero-order chi connectivity index (χ0) is 21.3. The monoisotopic (exact) mass is 429 g/mol. The fourth-order valence-electron chi connectivity index (χ4n) is 4.10. The summed E-state index contributed by atoms with van der Waals surface area (Å²) in [5.74, 6) is 2.19. The first kappa shape index (κ1) is 18.8. The van der Waals surface area contributed by atoms with Crippen LogP contribution in [-0.4, -0.2) is 15.0 Å². The Hall–Kier alpha value is -3.89. The lowest BCUT2D eigenvalue weighted by molar-refractivity contribution is 0.937. The van der Waals surface area contributed by atoms with Gasteiger partial charge >= 0.3 is 0 Å². The van der Waals surface area contributed by atoms with Crippen molar-refractivity contribution in [3.8, 4) is 22.8 Å². The molecule has 2 heterocycles. The van der Waals surface area contributed by atoms with E-state index in [4.69, 9.17) is 15.0 Å². The van der Waals surface area contributed by atoms with Crippen molar-refractivity contribution in [3.05, 3.63) is 115 Å². The number of hydrogen-bond acceptors (Lipinski definition) is 4. The van der Waals surface area contributed by atoms with Gasteiger partial charge in [0, 0.05) is 37.7 Å². The predicted octanol–water partition coefficient (Wildman–Crippen LogP) is 7.16. The lowest BCUT2D eigenvalue weighted by atomic mass is 10.0. The largest absolute Gasteiger partial charge is 0.213 e. The molecule has 0 aliphatic rings. The first-order valence-electron chi connectivity index (χ1n) is 10.6. The summed E-state index contributed by atoms with van der Waals surface area (Å²) in [4.78, 5) is 14.6. The molecule has 152 valence electrons. The highest BCUT2D eigenvalue weighted by Crippen LogP contribution is 2.36. The summed E-state index contributed by atoms with van der Waals surface area (Å²) in [5, 5.41) is 2.60. The summed E-state index contributed by atoms with van der Waals surface area (Å²) in [6.45, 7) is 0. The predicted molar refractivity (Wildman–Crippen MR) is 133 cm³/mol. The molecule has 0 bridgehead atoms. The summed E-state index contributed by atoms with van der Waals surface area (Å²) < 4.78 is 2.60. The fraction of sp³-hybridized carbons (Fsp3) is 0.0357. The third kappa shape index (κ3) is 3.45. The van der Waals surface area contributed by atoms with Gasteiger partial charge in [0.05, 0.1) is 0 Å². The van der Waals surface area contributed by atoms with Crippen LogP contribution in [0.2, 0.25) is 0 Å². The van der Waals surface area contributed by atoms with Gasteiger partial charge < -0.3 is 0 Å². The van der Waals surface area contributed by atoms with Crippen LogP contribution in [0.1, 0.15) is 11.4 Å². The minimum Gasteiger partial charge on any atom is -0.213 e. The average Bonchev–Trinajstić information content (AvgIpc) is 3.25. The molecule has 0 aliphatic heterocycles. The second kappa shape index (κ2) is 7.98. The molecule has 6 aromatic rings. The fourth-order valence-corrected chi connectivity index (χ4v) is 5.25. The van der Waals surface area contributed by atoms with Crippen molar-refractivity contribution in [1.29, 1.82) is 0 Å². The number of rotatable bonds is 4. The van der Waals surface area contributed by atoms with Crippen LogP contribution >= 0.6 is 11.3 Å². The minimum atomic E-state index is 0.653. The van der Waals surface area contributed by atoms with E-state index >= 15 is 0 Å². The average molecular weight is 430 g/mol. The molecular formula is C28H19N3S. The molecule has 32 heavy (non-hydrogen) atoms. The zero-order valence-corrected chi connectivity index (χ0v) is 18.1. The highest BCUT2D eigenvalue weighted by Gasteiger charge is 2.14. The van der Waals surface area contributed by atoms with Crippen molar-refractivity contribution in [2.75, 3.05) is 0 Å². The van der Waals surface area contributed by atoms with Gasteiger partial charge in [-0.3, -0.25) is 0 Å². The van der Waals surface area contributed by atoms with E-state index < -0.39 is 0 Å². The highest BCUT2D eigenvalue weighted by molar-refractivity contribution is 7.25. The molecule has 0 spiro atoms. The van der Waals surface area contributed by atoms with E-state index in [1.54, 1.807) is 0 Å². The van der Waals surface area contributed by atoms with E-state index in [9.17, 15) is 0 Å². The third-order valence-corrected chi connectivity index (χ3v) is 6.72. The molecule has 6 rings (SSSR count). The summed E-state index contributed by atoms with van der Waals surface area (Å²) >= 11 is 1.83. The summed E-state index contributed by atoms with van der Waals surface area (Å²) in [7, 11) is 0. The quantitative estimate of drug-likeness (QED) is 0.298. The van der Waals surface area contributed by atoms with Gasteiger partial charge in [-0.05, 0) is 17.7 Å². The molecular weight excluding hydrogens is 410 g/mol. The zero-order valence-electron chi connectivity index (χ0n) is 17.3. The van der Waals surface area contributed by atoms with Crippen molar-refractivity contribution in [3.63, 3.8) is 0 Å². The number of thiophene rings is 1. The lowest BCUT2D eigenvalue weighted by Gasteiger charge is -2.09. The van der Waals surface area contributed by atoms with Crippen LogP contribution < -0.4 is 0 Å². The van der Waals surface area contributed by atoms with E-state index in [-0.39, 0.29) is 0 Å². The van der Waals surface area contributed by atoms with Gasteiger partial charge in [-0.15, -0.1) is 11.3 Å². The number of hydrogen-bond donors (Lipinski definition) is 0. The number of fused-ring (bicyclic) bond motifs is 3. The maximum atomic E-state index is 4.88. The molecule has 0 fully saturated rings. The van der Waals surface area contributed by atoms with E-state index in [1.165, 1.54) is 25.7 Å². The molecule has 4 heteroatoms. The molecule has 0 radical (unpaired) electrons. The Morgan fingerprint density at radius 1 is 0.531 bits per heavy atom. The Morgan fingerprint density at radius 2 is 1.12 bits per heavy atom. The van der Waals surface area contributed by atoms with Crippen molar-refractivity contribution < 1.29 is 0 Å². The van der Waals surface area contributed by atoms with Gasteiger partial charge in [-0.2, -0.15) is 0 Å². The number of nitrogens with zero attached hydrogens (tertiary/aromatic N) is 3. The molecule has 4 aromatic carbocycles. The Labute approximate surface area is 190 Å². The lowest BCUT2D eigenvalue weighted by Crippen LogP contribution is -2.04. The second-order valence-corrected chi connectivity index (χ2v) is 8.78. The Balaban J connectivity index is 1.52. The van der Waals surface area contributed by atoms with Gasteiger partial charge in [0.25, 0.3) is 0 Å². The molecule has 0 atom stereocenters. The first-order valence-corrected chi connectivity index (χ1v) is 11.4. The summed E-state index contributed by atoms with van der Waals surface area (Å²) in [5.41, 5.74) is 3.23. The van der Waals surface area contributed by atoms with Crippen molar-refractivity contribution in [2.24, 2.45) is 0 Å². The van der Waals surface area contributed by atoms with Crippen LogP contribution in [0.3, 0.4) is 0 Å². The van der Waals surface area contributed by atoms with Gasteiger partial charge in [0.2, 0.25) is 0 Å². The number of benzene rings is 4. The smallest absolute Gasteiger partial charge is 0.163 e. The van der Waals surface area contributed by atoms with E-state index in [1.807, 2.05) is 72.0 Å². The van der Waals surface area contributed by atoms with Crippen molar-refractivity contribution in [2.45, 2.75) is 6.42 Å². The minimum absolute atomic E-state index is 0.653. The summed E-state index contributed by atoms with van der Waals surface area (Å²) in [6.07, 6.45) is 0.653. The topological polar surface area (TPSA) is 38.7 Å². The molecule has 3 nitrogen and oxygen atoms in total. The van der Waals surface area contributed by atoms with Crippen LogP contribution in [-0.2, 0) is 6.42 Å². The standard InChI is InChI=1S/C28H19N3S/c1-3-10-19(11-4-1)27-29-25(30-28(31-27)20-12-5-2-6-13-20)18-21-14-9-17-24-26(21)22-15-7-8-16-23(22)32-24/h1-17H,18H2. The maximum absolute atomic E-state index is 4.88. The molecule has 0 unspecified atom stereocenters. The Kier molecular flexibility index (Phi) is 4.70. The molecule has 0 saturated carbocycles. The van der Waals surface area contributed by atoms with Gasteiger partial charge in [0.15, 0.2) is 11.6 Å². The molecule has 0 N–H and O–H groups in total. The van der Waals surface area contributed by atoms with Crippen LogP contribution in [0.15, 0.2) is 103 Å². The van der Waals surface area contributed by atoms with E-state index in [2.05, 4.69) is 42.5 Å². The van der Waals surface area contributed by atoms with Crippen molar-refractivity contribution >= 4 is 31.5 Å². The Bertz CT molecular complexity index is 1480. The van der Waals surface area contributed by atoms with E-state index in [0.717, 1.165) is 17.0 Å². The number of aromatic nitrogens is 3. The van der Waals surface area contributed by atoms with Gasteiger partial charge in [-0.1, -0.05) is 91.0 Å². The molecule has 0 aliphatic carbocycles. The van der Waals surface area contributed by atoms with Crippen molar-refractivity contribution in [1.82, 2.24) is 15.0 Å². The summed E-state index contributed by atoms with van der Waals surface area (Å²) in [6, 6.07) is 35.3. The van der Waals surface area contributed by atoms with Crippen LogP contribution in [0.4, 0.5) is 0 Å². The molecule has 0 amide bonds. The maximum Gasteiger partial charge on any atom is 0.163 e. The van der Waals surface area contributed by atoms with Gasteiger partial charge in [-0.25, -0.2) is 15.0 Å². The highest BCUT2D eigenvalue weighted by atomic mass is 32.1. The van der Waals surface area contributed by atoms with Crippen LogP contribution in [0.5, 0.6) is 0 Å². The Morgan fingerprint density at radius 3 is 1.81 bits per heavy atom. The SMILES string of the molecule is c1ccc(-c2nc(Cc3cccc4sc5ccccc5c34)nc(-c3ccccc3)n2)cc1. The molecule has 2 aromatic heterocycles. The second-order valence-electron chi connectivity index (χ2n) is 7.70. The normalized spacial score (nSPS) is 11.2. The van der Waals surface area contributed by atoms with Crippen LogP contribution in [0.25, 0.3) is 42.9 Å². The van der Waals surface area contributed by atoms with E-state index in [0.29, 0.717) is 18.1 Å².